The van der Waals surface area contributed by atoms with Crippen molar-refractivity contribution in [3.63, 3.8) is 0 Å². The third-order valence-electron chi connectivity index (χ3n) is 2.94. The Hall–Kier alpha value is -2.67. The lowest BCUT2D eigenvalue weighted by Gasteiger charge is -2.11. The van der Waals surface area contributed by atoms with Crippen LogP contribution in [0.2, 0.25) is 0 Å². The average Bonchev–Trinajstić information content (AvgIpc) is 3.04. The van der Waals surface area contributed by atoms with Crippen LogP contribution in [0.25, 0.3) is 6.08 Å². The summed E-state index contributed by atoms with van der Waals surface area (Å²) >= 11 is 1.32. The summed E-state index contributed by atoms with van der Waals surface area (Å²) in [6, 6.07) is 7.79. The van der Waals surface area contributed by atoms with Crippen LogP contribution in [-0.2, 0) is 9.59 Å². The topological polar surface area (TPSA) is 74.3 Å². The number of hydrogen-bond acceptors (Lipinski definition) is 5. The Morgan fingerprint density at radius 3 is 2.61 bits per heavy atom. The molecule has 120 valence electrons. The highest BCUT2D eigenvalue weighted by Crippen LogP contribution is 2.13. The van der Waals surface area contributed by atoms with Crippen molar-refractivity contribution in [2.75, 3.05) is 30.9 Å². The molecule has 2 N–H and O–H groups in total. The standard InChI is InChI=1S/C16H18N4O2S/c1-20(2)13-6-3-12(4-7-13)5-8-14(21)18-11-15(22)19-16-17-9-10-23-16/h3-10H,11H2,1-2H3,(H,18,21)(H,17,19,22)/b8-5+. The minimum atomic E-state index is -0.323. The van der Waals surface area contributed by atoms with E-state index in [9.17, 15) is 9.59 Å². The molecule has 0 spiro atoms. The smallest absolute Gasteiger partial charge is 0.245 e. The molecular weight excluding hydrogens is 312 g/mol. The Kier molecular flexibility index (Phi) is 5.87. The molecule has 0 aliphatic rings. The minimum Gasteiger partial charge on any atom is -0.378 e. The Labute approximate surface area is 138 Å². The van der Waals surface area contributed by atoms with Crippen LogP contribution in [-0.4, -0.2) is 37.4 Å². The number of amides is 2. The Bertz CT molecular complexity index is 679. The first-order valence-corrected chi connectivity index (χ1v) is 7.85. The fourth-order valence-electron chi connectivity index (χ4n) is 1.73. The quantitative estimate of drug-likeness (QED) is 0.794. The van der Waals surface area contributed by atoms with Gasteiger partial charge in [-0.25, -0.2) is 4.98 Å². The monoisotopic (exact) mass is 330 g/mol. The number of anilines is 2. The first-order valence-electron chi connectivity index (χ1n) is 6.97. The van der Waals surface area contributed by atoms with Crippen LogP contribution >= 0.6 is 11.3 Å². The van der Waals surface area contributed by atoms with E-state index in [0.29, 0.717) is 5.13 Å². The molecule has 0 atom stereocenters. The maximum absolute atomic E-state index is 11.7. The van der Waals surface area contributed by atoms with Gasteiger partial charge in [-0.15, -0.1) is 11.3 Å². The van der Waals surface area contributed by atoms with Gasteiger partial charge in [-0.1, -0.05) is 12.1 Å². The van der Waals surface area contributed by atoms with Gasteiger partial charge in [0.25, 0.3) is 0 Å². The van der Waals surface area contributed by atoms with Crippen molar-refractivity contribution in [1.82, 2.24) is 10.3 Å². The third-order valence-corrected chi connectivity index (χ3v) is 3.63. The highest BCUT2D eigenvalue weighted by molar-refractivity contribution is 7.13. The van der Waals surface area contributed by atoms with Gasteiger partial charge in [-0.3, -0.25) is 9.59 Å². The van der Waals surface area contributed by atoms with E-state index >= 15 is 0 Å². The van der Waals surface area contributed by atoms with Gasteiger partial charge in [-0.2, -0.15) is 0 Å². The molecule has 0 saturated carbocycles. The molecule has 0 radical (unpaired) electrons. The molecule has 1 heterocycles. The number of aromatic nitrogens is 1. The molecule has 0 saturated heterocycles. The SMILES string of the molecule is CN(C)c1ccc(/C=C/C(=O)NCC(=O)Nc2nccs2)cc1. The number of thiazole rings is 1. The molecule has 0 bridgehead atoms. The molecule has 23 heavy (non-hydrogen) atoms. The van der Waals surface area contributed by atoms with E-state index in [1.165, 1.54) is 17.4 Å². The maximum atomic E-state index is 11.7. The number of hydrogen-bond donors (Lipinski definition) is 2. The van der Waals surface area contributed by atoms with Gasteiger partial charge in [0.1, 0.15) is 0 Å². The summed E-state index contributed by atoms with van der Waals surface area (Å²) in [5.74, 6) is -0.631. The Balaban J connectivity index is 1.78. The van der Waals surface area contributed by atoms with E-state index in [2.05, 4.69) is 15.6 Å². The van der Waals surface area contributed by atoms with Crippen LogP contribution in [0.3, 0.4) is 0 Å². The first-order chi connectivity index (χ1) is 11.0. The number of carbonyl (C=O) groups is 2. The number of benzene rings is 1. The molecule has 0 unspecified atom stereocenters. The maximum Gasteiger partial charge on any atom is 0.245 e. The van der Waals surface area contributed by atoms with Crippen molar-refractivity contribution in [1.29, 1.82) is 0 Å². The van der Waals surface area contributed by atoms with E-state index in [1.54, 1.807) is 17.7 Å². The molecule has 2 rings (SSSR count). The lowest BCUT2D eigenvalue weighted by Crippen LogP contribution is -2.31. The van der Waals surface area contributed by atoms with Crippen molar-refractivity contribution in [3.05, 3.63) is 47.5 Å². The summed E-state index contributed by atoms with van der Waals surface area (Å²) in [6.07, 6.45) is 4.71. The van der Waals surface area contributed by atoms with E-state index < -0.39 is 0 Å². The number of nitrogens with zero attached hydrogens (tertiary/aromatic N) is 2. The van der Waals surface area contributed by atoms with Crippen molar-refractivity contribution >= 4 is 40.0 Å². The fraction of sp³-hybridized carbons (Fsp3) is 0.188. The van der Waals surface area contributed by atoms with Crippen LogP contribution < -0.4 is 15.5 Å². The minimum absolute atomic E-state index is 0.0949. The van der Waals surface area contributed by atoms with Gasteiger partial charge >= 0.3 is 0 Å². The zero-order chi connectivity index (χ0) is 16.7. The van der Waals surface area contributed by atoms with Crippen LogP contribution in [0, 0.1) is 0 Å². The number of nitrogens with one attached hydrogen (secondary N) is 2. The van der Waals surface area contributed by atoms with Crippen molar-refractivity contribution < 1.29 is 9.59 Å². The lowest BCUT2D eigenvalue weighted by atomic mass is 10.2. The van der Waals surface area contributed by atoms with Gasteiger partial charge in [0.15, 0.2) is 5.13 Å². The van der Waals surface area contributed by atoms with Crippen LogP contribution in [0.15, 0.2) is 41.9 Å². The second-order valence-corrected chi connectivity index (χ2v) is 5.82. The molecule has 0 aliphatic heterocycles. The fourth-order valence-corrected chi connectivity index (χ4v) is 2.28. The van der Waals surface area contributed by atoms with E-state index in [4.69, 9.17) is 0 Å². The molecule has 0 fully saturated rings. The summed E-state index contributed by atoms with van der Waals surface area (Å²) in [5.41, 5.74) is 2.00. The zero-order valence-corrected chi connectivity index (χ0v) is 13.8. The molecule has 6 nitrogen and oxygen atoms in total. The van der Waals surface area contributed by atoms with E-state index in [0.717, 1.165) is 11.3 Å². The summed E-state index contributed by atoms with van der Waals surface area (Å²) in [7, 11) is 3.93. The highest BCUT2D eigenvalue weighted by atomic mass is 32.1. The zero-order valence-electron chi connectivity index (χ0n) is 12.9. The predicted octanol–water partition coefficient (Wildman–Crippen LogP) is 1.98. The van der Waals surface area contributed by atoms with Crippen LogP contribution in [0.5, 0.6) is 0 Å². The van der Waals surface area contributed by atoms with Crippen molar-refractivity contribution in [2.45, 2.75) is 0 Å². The first kappa shape index (κ1) is 16.7. The van der Waals surface area contributed by atoms with E-state index in [1.807, 2.05) is 43.3 Å². The van der Waals surface area contributed by atoms with Gasteiger partial charge in [-0.05, 0) is 23.8 Å². The summed E-state index contributed by atoms with van der Waals surface area (Å²) in [4.78, 5) is 29.2. The molecule has 1 aromatic carbocycles. The Morgan fingerprint density at radius 1 is 1.26 bits per heavy atom. The molecule has 7 heteroatoms. The molecule has 0 aliphatic carbocycles. The number of carbonyl (C=O) groups excluding carboxylic acids is 2. The summed E-state index contributed by atoms with van der Waals surface area (Å²) < 4.78 is 0. The van der Waals surface area contributed by atoms with Gasteiger partial charge in [0.05, 0.1) is 6.54 Å². The summed E-state index contributed by atoms with van der Waals surface area (Å²) in [6.45, 7) is -0.0949. The van der Waals surface area contributed by atoms with Gasteiger partial charge in [0, 0.05) is 37.4 Å². The molecule has 2 amide bonds. The van der Waals surface area contributed by atoms with Crippen LogP contribution in [0.4, 0.5) is 10.8 Å². The van der Waals surface area contributed by atoms with Crippen molar-refractivity contribution in [3.8, 4) is 0 Å². The second kappa shape index (κ2) is 8.09. The number of rotatable bonds is 6. The van der Waals surface area contributed by atoms with Gasteiger partial charge in [0.2, 0.25) is 11.8 Å². The molecule has 2 aromatic rings. The highest BCUT2D eigenvalue weighted by Gasteiger charge is 2.05. The normalized spacial score (nSPS) is 10.5. The van der Waals surface area contributed by atoms with Crippen LogP contribution in [0.1, 0.15) is 5.56 Å². The van der Waals surface area contributed by atoms with Crippen molar-refractivity contribution in [2.24, 2.45) is 0 Å². The molecule has 1 aromatic heterocycles. The summed E-state index contributed by atoms with van der Waals surface area (Å²) in [5, 5.41) is 7.40. The molecular formula is C16H18N4O2S. The van der Waals surface area contributed by atoms with Gasteiger partial charge < -0.3 is 15.5 Å². The average molecular weight is 330 g/mol. The second-order valence-electron chi connectivity index (χ2n) is 4.92. The van der Waals surface area contributed by atoms with E-state index in [-0.39, 0.29) is 18.4 Å². The lowest BCUT2D eigenvalue weighted by molar-refractivity contribution is -0.121. The predicted molar refractivity (Wildman–Crippen MR) is 93.6 cm³/mol. The third kappa shape index (κ3) is 5.55. The largest absolute Gasteiger partial charge is 0.378 e. The Morgan fingerprint density at radius 2 is 2.00 bits per heavy atom.